The Morgan fingerprint density at radius 3 is 2.48 bits per heavy atom. The van der Waals surface area contributed by atoms with E-state index in [4.69, 9.17) is 5.11 Å². The fraction of sp³-hybridized carbons (Fsp3) is 0.500. The summed E-state index contributed by atoms with van der Waals surface area (Å²) < 4.78 is 12.9. The van der Waals surface area contributed by atoms with Crippen LogP contribution in [0.4, 0.5) is 4.39 Å². The van der Waals surface area contributed by atoms with E-state index in [-0.39, 0.29) is 29.5 Å². The van der Waals surface area contributed by atoms with Crippen LogP contribution in [0.2, 0.25) is 0 Å². The van der Waals surface area contributed by atoms with Crippen LogP contribution in [0.25, 0.3) is 0 Å². The molecule has 0 bridgehead atoms. The molecule has 1 saturated carbocycles. The Kier molecular flexibility index (Phi) is 4.60. The zero-order valence-corrected chi connectivity index (χ0v) is 12.2. The molecule has 2 N–H and O–H groups in total. The van der Waals surface area contributed by atoms with Crippen LogP contribution in [0, 0.1) is 17.7 Å². The van der Waals surface area contributed by atoms with E-state index >= 15 is 0 Å². The Balaban J connectivity index is 1.93. The van der Waals surface area contributed by atoms with Gasteiger partial charge in [-0.25, -0.2) is 9.18 Å². The molecule has 5 heteroatoms. The second kappa shape index (κ2) is 6.24. The lowest BCUT2D eigenvalue weighted by Crippen LogP contribution is -2.42. The van der Waals surface area contributed by atoms with Crippen LogP contribution in [0.1, 0.15) is 38.2 Å². The number of hydrogen-bond acceptors (Lipinski definition) is 2. The zero-order valence-electron chi connectivity index (χ0n) is 12.2. The number of carboxylic acids is 1. The number of rotatable bonds is 6. The molecule has 3 unspecified atom stereocenters. The zero-order chi connectivity index (χ0) is 15.6. The van der Waals surface area contributed by atoms with Gasteiger partial charge in [-0.2, -0.15) is 0 Å². The van der Waals surface area contributed by atoms with Gasteiger partial charge in [0.25, 0.3) is 0 Å². The van der Waals surface area contributed by atoms with Gasteiger partial charge in [0.2, 0.25) is 5.91 Å². The minimum absolute atomic E-state index is 0.0686. The summed E-state index contributed by atoms with van der Waals surface area (Å²) in [4.78, 5) is 23.2. The van der Waals surface area contributed by atoms with Crippen LogP contribution in [-0.4, -0.2) is 23.0 Å². The first-order chi connectivity index (χ1) is 9.88. The molecule has 0 heterocycles. The molecule has 1 aromatic rings. The summed E-state index contributed by atoms with van der Waals surface area (Å²) in [5.41, 5.74) is 0.923. The average molecular weight is 293 g/mol. The molecule has 1 aliphatic rings. The second-order valence-electron chi connectivity index (χ2n) is 6.03. The summed E-state index contributed by atoms with van der Waals surface area (Å²) in [7, 11) is 0. The van der Waals surface area contributed by atoms with Crippen LogP contribution in [0.5, 0.6) is 0 Å². The molecule has 0 spiro atoms. The van der Waals surface area contributed by atoms with Crippen molar-refractivity contribution in [3.63, 3.8) is 0 Å². The molecular formula is C16H20FNO3. The highest BCUT2D eigenvalue weighted by Crippen LogP contribution is 2.47. The van der Waals surface area contributed by atoms with Gasteiger partial charge in [0.1, 0.15) is 11.9 Å². The van der Waals surface area contributed by atoms with E-state index in [1.54, 1.807) is 12.1 Å². The molecular weight excluding hydrogens is 273 g/mol. The predicted octanol–water partition coefficient (Wildman–Crippen LogP) is 2.54. The molecule has 0 saturated heterocycles. The fourth-order valence-corrected chi connectivity index (χ4v) is 2.53. The monoisotopic (exact) mass is 293 g/mol. The summed E-state index contributed by atoms with van der Waals surface area (Å²) >= 11 is 0. The van der Waals surface area contributed by atoms with Crippen molar-refractivity contribution in [1.29, 1.82) is 0 Å². The highest BCUT2D eigenvalue weighted by Gasteiger charge is 2.44. The molecule has 2 rings (SSSR count). The third-order valence-corrected chi connectivity index (χ3v) is 3.75. The van der Waals surface area contributed by atoms with Gasteiger partial charge in [0.15, 0.2) is 0 Å². The quantitative estimate of drug-likeness (QED) is 0.847. The molecule has 21 heavy (non-hydrogen) atoms. The Hall–Kier alpha value is -1.91. The van der Waals surface area contributed by atoms with Gasteiger partial charge in [-0.3, -0.25) is 4.79 Å². The molecule has 1 aliphatic carbocycles. The Bertz CT molecular complexity index is 527. The minimum Gasteiger partial charge on any atom is -0.480 e. The van der Waals surface area contributed by atoms with Crippen molar-refractivity contribution in [2.75, 3.05) is 0 Å². The highest BCUT2D eigenvalue weighted by atomic mass is 19.1. The van der Waals surface area contributed by atoms with E-state index in [2.05, 4.69) is 5.32 Å². The summed E-state index contributed by atoms with van der Waals surface area (Å²) in [5.74, 6) is -1.47. The maximum Gasteiger partial charge on any atom is 0.326 e. The smallest absolute Gasteiger partial charge is 0.326 e. The largest absolute Gasteiger partial charge is 0.480 e. The van der Waals surface area contributed by atoms with Crippen molar-refractivity contribution in [3.8, 4) is 0 Å². The Morgan fingerprint density at radius 2 is 1.95 bits per heavy atom. The molecule has 1 aromatic carbocycles. The Morgan fingerprint density at radius 1 is 1.33 bits per heavy atom. The van der Waals surface area contributed by atoms with Crippen molar-refractivity contribution in [2.45, 2.75) is 38.6 Å². The van der Waals surface area contributed by atoms with Gasteiger partial charge >= 0.3 is 5.97 Å². The van der Waals surface area contributed by atoms with Crippen LogP contribution in [0.15, 0.2) is 24.3 Å². The van der Waals surface area contributed by atoms with Crippen LogP contribution < -0.4 is 5.32 Å². The predicted molar refractivity (Wildman–Crippen MR) is 76.3 cm³/mol. The molecule has 114 valence electrons. The molecule has 0 aliphatic heterocycles. The number of carboxylic acid groups (broad SMARTS) is 1. The molecule has 1 fully saturated rings. The number of aliphatic carboxylic acids is 1. The average Bonchev–Trinajstić information content (AvgIpc) is 3.18. The van der Waals surface area contributed by atoms with Gasteiger partial charge in [0.05, 0.1) is 0 Å². The molecule has 0 radical (unpaired) electrons. The fourth-order valence-electron chi connectivity index (χ4n) is 2.53. The maximum atomic E-state index is 12.9. The van der Waals surface area contributed by atoms with E-state index < -0.39 is 12.0 Å². The third-order valence-electron chi connectivity index (χ3n) is 3.75. The van der Waals surface area contributed by atoms with Gasteiger partial charge in [0, 0.05) is 5.92 Å². The van der Waals surface area contributed by atoms with Gasteiger partial charge in [-0.15, -0.1) is 0 Å². The van der Waals surface area contributed by atoms with Crippen LogP contribution in [-0.2, 0) is 9.59 Å². The summed E-state index contributed by atoms with van der Waals surface area (Å²) in [5, 5.41) is 11.7. The van der Waals surface area contributed by atoms with Crippen molar-refractivity contribution < 1.29 is 19.1 Å². The highest BCUT2D eigenvalue weighted by molar-refractivity contribution is 5.87. The number of benzene rings is 1. The first-order valence-electron chi connectivity index (χ1n) is 7.17. The first-order valence-corrected chi connectivity index (χ1v) is 7.17. The van der Waals surface area contributed by atoms with Gasteiger partial charge in [-0.05, 0) is 42.4 Å². The summed E-state index contributed by atoms with van der Waals surface area (Å²) in [6, 6.07) is 5.27. The van der Waals surface area contributed by atoms with Gasteiger partial charge < -0.3 is 10.4 Å². The van der Waals surface area contributed by atoms with E-state index in [0.29, 0.717) is 12.8 Å². The van der Waals surface area contributed by atoms with Crippen LogP contribution in [0.3, 0.4) is 0 Å². The van der Waals surface area contributed by atoms with E-state index in [9.17, 15) is 14.0 Å². The van der Waals surface area contributed by atoms with Crippen LogP contribution >= 0.6 is 0 Å². The standard InChI is InChI=1S/C16H20FNO3/c1-9(2)7-14(16(20)21)18-15(19)13-8-12(13)10-3-5-11(17)6-4-10/h3-6,9,12-14H,7-8H2,1-2H3,(H,18,19)(H,20,21). The number of amides is 1. The number of halogens is 1. The minimum atomic E-state index is -1.00. The van der Waals surface area contributed by atoms with E-state index in [1.807, 2.05) is 13.8 Å². The Labute approximate surface area is 123 Å². The lowest BCUT2D eigenvalue weighted by atomic mass is 10.0. The first kappa shape index (κ1) is 15.5. The lowest BCUT2D eigenvalue weighted by molar-refractivity contribution is -0.142. The lowest BCUT2D eigenvalue weighted by Gasteiger charge is -2.16. The number of carbonyl (C=O) groups is 2. The molecule has 4 nitrogen and oxygen atoms in total. The number of nitrogens with one attached hydrogen (secondary N) is 1. The number of carbonyl (C=O) groups excluding carboxylic acids is 1. The molecule has 3 atom stereocenters. The summed E-state index contributed by atoms with van der Waals surface area (Å²) in [6.07, 6.45) is 1.10. The van der Waals surface area contributed by atoms with Crippen molar-refractivity contribution in [1.82, 2.24) is 5.32 Å². The molecule has 1 amide bonds. The summed E-state index contributed by atoms with van der Waals surface area (Å²) in [6.45, 7) is 3.83. The van der Waals surface area contributed by atoms with Crippen molar-refractivity contribution in [2.24, 2.45) is 11.8 Å². The normalized spacial score (nSPS) is 21.9. The van der Waals surface area contributed by atoms with E-state index in [1.165, 1.54) is 12.1 Å². The molecule has 0 aromatic heterocycles. The van der Waals surface area contributed by atoms with Gasteiger partial charge in [-0.1, -0.05) is 26.0 Å². The second-order valence-corrected chi connectivity index (χ2v) is 6.03. The topological polar surface area (TPSA) is 66.4 Å². The van der Waals surface area contributed by atoms with E-state index in [0.717, 1.165) is 5.56 Å². The SMILES string of the molecule is CC(C)CC(NC(=O)C1CC1c1ccc(F)cc1)C(=O)O. The van der Waals surface area contributed by atoms with Crippen molar-refractivity contribution >= 4 is 11.9 Å². The van der Waals surface area contributed by atoms with Crippen molar-refractivity contribution in [3.05, 3.63) is 35.6 Å². The maximum absolute atomic E-state index is 12.9. The number of hydrogen-bond donors (Lipinski definition) is 2. The third kappa shape index (κ3) is 4.03.